The minimum atomic E-state index is -0.259. The van der Waals surface area contributed by atoms with Crippen molar-refractivity contribution >= 4 is 11.9 Å². The van der Waals surface area contributed by atoms with E-state index in [1.807, 2.05) is 0 Å². The molecule has 11 heavy (non-hydrogen) atoms. The Balaban J connectivity index is 2.92. The smallest absolute Gasteiger partial charge is 0.177 e. The molecule has 0 aliphatic carbocycles. The minimum absolute atomic E-state index is 0.259. The van der Waals surface area contributed by atoms with Gasteiger partial charge in [0.1, 0.15) is 0 Å². The fraction of sp³-hybridized carbons (Fsp3) is 0. The number of hydrogen-bond donors (Lipinski definition) is 1. The van der Waals surface area contributed by atoms with E-state index in [1.165, 1.54) is 6.08 Å². The third kappa shape index (κ3) is 1.98. The van der Waals surface area contributed by atoms with Gasteiger partial charge in [0.05, 0.1) is 0 Å². The molecule has 1 aliphatic heterocycles. The van der Waals surface area contributed by atoms with Gasteiger partial charge in [-0.1, -0.05) is 25.3 Å². The molecule has 0 amide bonds. The zero-order valence-corrected chi connectivity index (χ0v) is 6.75. The lowest BCUT2D eigenvalue weighted by Gasteiger charge is -2.13. The van der Waals surface area contributed by atoms with Crippen molar-refractivity contribution in [3.05, 3.63) is 47.8 Å². The third-order valence-corrected chi connectivity index (χ3v) is 1.85. The van der Waals surface area contributed by atoms with E-state index < -0.39 is 0 Å². The second-order valence-corrected chi connectivity index (χ2v) is 2.79. The van der Waals surface area contributed by atoms with Crippen molar-refractivity contribution in [1.29, 1.82) is 0 Å². The summed E-state index contributed by atoms with van der Waals surface area (Å²) in [4.78, 5) is 0. The van der Waals surface area contributed by atoms with Gasteiger partial charge >= 0.3 is 0 Å². The second kappa shape index (κ2) is 3.44. The molecular formula is C8H8FNS. The van der Waals surface area contributed by atoms with Crippen molar-refractivity contribution in [2.75, 3.05) is 0 Å². The minimum Gasteiger partial charge on any atom is -0.324 e. The Kier molecular flexibility index (Phi) is 2.54. The normalized spacial score (nSPS) is 21.0. The van der Waals surface area contributed by atoms with Crippen LogP contribution in [0.25, 0.3) is 0 Å². The summed E-state index contributed by atoms with van der Waals surface area (Å²) in [5.74, 6) is 0. The molecule has 1 heterocycles. The van der Waals surface area contributed by atoms with Crippen LogP contribution in [0.3, 0.4) is 0 Å². The molecule has 0 aromatic carbocycles. The first kappa shape index (κ1) is 8.14. The summed E-state index contributed by atoms with van der Waals surface area (Å²) < 4.78 is 15.3. The van der Waals surface area contributed by atoms with Crippen LogP contribution in [0, 0.1) is 0 Å². The Morgan fingerprint density at radius 1 is 1.64 bits per heavy atom. The molecule has 3 heteroatoms. The van der Waals surface area contributed by atoms with Gasteiger partial charge in [0.15, 0.2) is 5.16 Å². The molecule has 0 spiro atoms. The van der Waals surface area contributed by atoms with Crippen LogP contribution < -0.4 is 4.72 Å². The monoisotopic (exact) mass is 169 g/mol. The number of halogens is 1. The number of nitrogens with one attached hydrogen (secondary N) is 1. The molecule has 1 aliphatic rings. The maximum Gasteiger partial charge on any atom is 0.177 e. The predicted molar refractivity (Wildman–Crippen MR) is 47.3 cm³/mol. The van der Waals surface area contributed by atoms with E-state index in [0.717, 1.165) is 17.5 Å². The third-order valence-electron chi connectivity index (χ3n) is 1.19. The van der Waals surface area contributed by atoms with Crippen LogP contribution in [0.15, 0.2) is 47.8 Å². The van der Waals surface area contributed by atoms with Gasteiger partial charge in [-0.2, -0.15) is 4.39 Å². The quantitative estimate of drug-likeness (QED) is 0.606. The van der Waals surface area contributed by atoms with Crippen LogP contribution in [-0.4, -0.2) is 0 Å². The van der Waals surface area contributed by atoms with Crippen molar-refractivity contribution in [3.63, 3.8) is 0 Å². The van der Waals surface area contributed by atoms with Gasteiger partial charge in [-0.15, -0.1) is 0 Å². The van der Waals surface area contributed by atoms with E-state index >= 15 is 0 Å². The lowest BCUT2D eigenvalue weighted by Crippen LogP contribution is -2.07. The number of rotatable bonds is 1. The molecule has 1 nitrogen and oxygen atoms in total. The van der Waals surface area contributed by atoms with Gasteiger partial charge in [0, 0.05) is 23.2 Å². The van der Waals surface area contributed by atoms with Crippen LogP contribution in [0.2, 0.25) is 0 Å². The van der Waals surface area contributed by atoms with E-state index in [9.17, 15) is 4.39 Å². The average molecular weight is 169 g/mol. The van der Waals surface area contributed by atoms with Crippen LogP contribution in [-0.2, 0) is 0 Å². The summed E-state index contributed by atoms with van der Waals surface area (Å²) >= 11 is 0.926. The molecule has 0 radical (unpaired) electrons. The zero-order valence-electron chi connectivity index (χ0n) is 5.93. The van der Waals surface area contributed by atoms with Gasteiger partial charge in [-0.3, -0.25) is 0 Å². The van der Waals surface area contributed by atoms with E-state index in [4.69, 9.17) is 0 Å². The number of hydrogen-bond acceptors (Lipinski definition) is 2. The molecule has 58 valence electrons. The van der Waals surface area contributed by atoms with E-state index in [0.29, 0.717) is 5.70 Å². The standard InChI is InChI=1S/C8H8FNS/c1-3-4-7-5-8(9)11-10-6(7)2/h3-5,10H,1-2H2/b7-4-. The van der Waals surface area contributed by atoms with Gasteiger partial charge in [-0.25, -0.2) is 0 Å². The van der Waals surface area contributed by atoms with Crippen molar-refractivity contribution in [2.24, 2.45) is 0 Å². The highest BCUT2D eigenvalue weighted by Gasteiger charge is 2.08. The predicted octanol–water partition coefficient (Wildman–Crippen LogP) is 2.67. The van der Waals surface area contributed by atoms with Crippen LogP contribution >= 0.6 is 11.9 Å². The van der Waals surface area contributed by atoms with Crippen LogP contribution in [0.4, 0.5) is 4.39 Å². The SMILES string of the molecule is C=C/C=C1/C=C(F)SNC1=C. The van der Waals surface area contributed by atoms with Crippen molar-refractivity contribution < 1.29 is 4.39 Å². The Bertz CT molecular complexity index is 253. The van der Waals surface area contributed by atoms with Gasteiger partial charge in [0.2, 0.25) is 0 Å². The highest BCUT2D eigenvalue weighted by molar-refractivity contribution is 8.01. The van der Waals surface area contributed by atoms with Crippen molar-refractivity contribution in [1.82, 2.24) is 4.72 Å². The van der Waals surface area contributed by atoms with Crippen molar-refractivity contribution in [2.45, 2.75) is 0 Å². The first-order chi connectivity index (χ1) is 5.24. The second-order valence-electron chi connectivity index (χ2n) is 1.99. The molecule has 1 rings (SSSR count). The molecule has 0 saturated carbocycles. The highest BCUT2D eigenvalue weighted by atomic mass is 32.2. The van der Waals surface area contributed by atoms with Crippen molar-refractivity contribution in [3.8, 4) is 0 Å². The molecule has 1 N–H and O–H groups in total. The fourth-order valence-corrected chi connectivity index (χ4v) is 1.21. The Morgan fingerprint density at radius 3 is 3.00 bits per heavy atom. The van der Waals surface area contributed by atoms with E-state index in [2.05, 4.69) is 17.9 Å². The molecule has 0 aromatic rings. The highest BCUT2D eigenvalue weighted by Crippen LogP contribution is 2.25. The van der Waals surface area contributed by atoms with E-state index in [1.54, 1.807) is 12.2 Å². The molecule has 0 bridgehead atoms. The maximum absolute atomic E-state index is 12.6. The molecule has 0 atom stereocenters. The molecule has 0 fully saturated rings. The van der Waals surface area contributed by atoms with Gasteiger partial charge in [-0.05, 0) is 6.08 Å². The molecule has 0 saturated heterocycles. The average Bonchev–Trinajstić information content (AvgIpc) is 1.98. The van der Waals surface area contributed by atoms with Gasteiger partial charge < -0.3 is 4.72 Å². The fourth-order valence-electron chi connectivity index (χ4n) is 0.684. The summed E-state index contributed by atoms with van der Waals surface area (Å²) in [5.41, 5.74) is 1.44. The lowest BCUT2D eigenvalue weighted by atomic mass is 10.2. The Morgan fingerprint density at radius 2 is 2.36 bits per heavy atom. The summed E-state index contributed by atoms with van der Waals surface area (Å²) in [6.45, 7) is 7.20. The first-order valence-electron chi connectivity index (χ1n) is 3.06. The molecule has 0 aromatic heterocycles. The van der Waals surface area contributed by atoms with Crippen LogP contribution in [0.1, 0.15) is 0 Å². The largest absolute Gasteiger partial charge is 0.324 e. The Labute approximate surface area is 69.5 Å². The summed E-state index contributed by atoms with van der Waals surface area (Å²) in [7, 11) is 0. The Hall–Kier alpha value is -0.960. The molecular weight excluding hydrogens is 161 g/mol. The lowest BCUT2D eigenvalue weighted by molar-refractivity contribution is 0.695. The summed E-state index contributed by atoms with van der Waals surface area (Å²) in [6, 6.07) is 0. The topological polar surface area (TPSA) is 12.0 Å². The summed E-state index contributed by atoms with van der Waals surface area (Å²) in [5, 5.41) is -0.259. The summed E-state index contributed by atoms with van der Waals surface area (Å²) in [6.07, 6.45) is 4.72. The van der Waals surface area contributed by atoms with Gasteiger partial charge in [0.25, 0.3) is 0 Å². The molecule has 0 unspecified atom stereocenters. The number of allylic oxidation sites excluding steroid dienone is 3. The maximum atomic E-state index is 12.6. The van der Waals surface area contributed by atoms with Crippen LogP contribution in [0.5, 0.6) is 0 Å². The zero-order chi connectivity index (χ0) is 8.27. The van der Waals surface area contributed by atoms with E-state index in [-0.39, 0.29) is 5.16 Å². The first-order valence-corrected chi connectivity index (χ1v) is 3.87.